The van der Waals surface area contributed by atoms with Crippen molar-refractivity contribution < 1.29 is 28.8 Å². The van der Waals surface area contributed by atoms with Gasteiger partial charge >= 0.3 is 0 Å². The lowest BCUT2D eigenvalue weighted by Gasteiger charge is -2.32. The number of benzene rings is 1. The van der Waals surface area contributed by atoms with Crippen molar-refractivity contribution >= 4 is 29.1 Å². The molecule has 13 heteroatoms. The lowest BCUT2D eigenvalue weighted by molar-refractivity contribution is -0.0620. The number of aromatic nitrogens is 2. The predicted molar refractivity (Wildman–Crippen MR) is 135 cm³/mol. The van der Waals surface area contributed by atoms with Gasteiger partial charge in [0.15, 0.2) is 28.4 Å². The van der Waals surface area contributed by atoms with E-state index in [4.69, 9.17) is 19.8 Å². The van der Waals surface area contributed by atoms with Gasteiger partial charge in [-0.25, -0.2) is 18.7 Å². The average Bonchev–Trinajstić information content (AvgIpc) is 3.49. The molecule has 0 spiro atoms. The number of hydrogen-bond donors (Lipinski definition) is 5. The first-order valence-corrected chi connectivity index (χ1v) is 13.4. The van der Waals surface area contributed by atoms with Crippen LogP contribution >= 0.6 is 11.8 Å². The number of nitrogens with one attached hydrogen (secondary N) is 2. The molecule has 6 unspecified atom stereocenters. The fraction of sp³-hybridized carbons (Fsp3) is 0.583. The zero-order valence-electron chi connectivity index (χ0n) is 20.6. The van der Waals surface area contributed by atoms with Gasteiger partial charge in [0.2, 0.25) is 0 Å². The lowest BCUT2D eigenvalue weighted by Crippen LogP contribution is -2.50. The first-order chi connectivity index (χ1) is 17.8. The van der Waals surface area contributed by atoms with Gasteiger partial charge in [0.1, 0.15) is 17.9 Å². The van der Waals surface area contributed by atoms with Crippen LogP contribution < -0.4 is 15.8 Å². The Morgan fingerprint density at radius 2 is 2.00 bits per heavy atom. The van der Waals surface area contributed by atoms with E-state index in [2.05, 4.69) is 17.7 Å². The number of nitrogens with zero attached hydrogens (tertiary/aromatic N) is 4. The molecular weight excluding hydrogens is 506 g/mol. The van der Waals surface area contributed by atoms with Gasteiger partial charge in [0, 0.05) is 31.2 Å². The highest BCUT2D eigenvalue weighted by Gasteiger charge is 2.49. The summed E-state index contributed by atoms with van der Waals surface area (Å²) in [5.74, 6) is 0.262. The lowest BCUT2D eigenvalue weighted by atomic mass is 10.1. The third-order valence-electron chi connectivity index (χ3n) is 6.94. The molecule has 0 radical (unpaired) electrons. The topological polar surface area (TPSA) is 126 Å². The van der Waals surface area contributed by atoms with Crippen molar-refractivity contribution in [3.05, 3.63) is 35.4 Å². The Labute approximate surface area is 218 Å². The molecule has 0 amide bonds. The van der Waals surface area contributed by atoms with Crippen LogP contribution in [0.25, 0.3) is 0 Å². The Morgan fingerprint density at radius 1 is 1.19 bits per heavy atom. The van der Waals surface area contributed by atoms with Gasteiger partial charge in [-0.3, -0.25) is 10.4 Å². The molecule has 2 fully saturated rings. The minimum absolute atomic E-state index is 0.0100. The molecule has 1 aromatic carbocycles. The van der Waals surface area contributed by atoms with Crippen LogP contribution in [0.15, 0.2) is 23.4 Å². The first kappa shape index (κ1) is 26.3. The number of aliphatic hydroxyl groups is 3. The first-order valence-electron chi connectivity index (χ1n) is 12.5. The number of anilines is 3. The third kappa shape index (κ3) is 5.20. The van der Waals surface area contributed by atoms with E-state index in [0.717, 1.165) is 30.2 Å². The Balaban J connectivity index is 1.41. The highest BCUT2D eigenvalue weighted by atomic mass is 32.2. The minimum Gasteiger partial charge on any atom is -0.394 e. The van der Waals surface area contributed by atoms with E-state index >= 15 is 0 Å². The Hall–Kier alpha value is -2.29. The van der Waals surface area contributed by atoms with Gasteiger partial charge in [-0.2, -0.15) is 0 Å². The number of fused-ring (bicyclic) bond motifs is 1. The summed E-state index contributed by atoms with van der Waals surface area (Å²) in [5.41, 5.74) is 4.61. The van der Waals surface area contributed by atoms with Gasteiger partial charge in [-0.05, 0) is 30.5 Å². The Morgan fingerprint density at radius 3 is 2.73 bits per heavy atom. The molecule has 1 aromatic heterocycles. The molecule has 2 aliphatic carbocycles. The standard InChI is InChI=1S/C24H32F2N6O4S/c1-3-8-37-24-28-22(27-16-10-13(16)12-4-5-14(25)15(26)9-12)19-23(29-24)32(31(2)30-19)17-11-18(36-7-6-33)21(35)20(17)34/h4-5,9,13,16-18,20-21,30,33-35H,3,6-8,10-11H2,1-2H3,(H,27,28,29). The number of rotatable bonds is 10. The van der Waals surface area contributed by atoms with Crippen LogP contribution in [0.3, 0.4) is 0 Å². The number of aliphatic hydroxyl groups excluding tert-OH is 3. The summed E-state index contributed by atoms with van der Waals surface area (Å²) < 4.78 is 32.7. The molecule has 0 saturated heterocycles. The van der Waals surface area contributed by atoms with E-state index in [-0.39, 0.29) is 25.2 Å². The summed E-state index contributed by atoms with van der Waals surface area (Å²) >= 11 is 1.52. The molecular formula is C24H32F2N6O4S. The third-order valence-corrected chi connectivity index (χ3v) is 7.99. The largest absolute Gasteiger partial charge is 0.394 e. The maximum Gasteiger partial charge on any atom is 0.191 e. The number of halogens is 2. The van der Waals surface area contributed by atoms with Gasteiger partial charge in [0.25, 0.3) is 0 Å². The van der Waals surface area contributed by atoms with Gasteiger partial charge < -0.3 is 25.4 Å². The second-order valence-corrected chi connectivity index (χ2v) is 10.6. The summed E-state index contributed by atoms with van der Waals surface area (Å²) in [6.07, 6.45) is -0.810. The highest BCUT2D eigenvalue weighted by Crippen LogP contribution is 2.47. The van der Waals surface area contributed by atoms with Crippen LogP contribution in [0, 0.1) is 11.6 Å². The van der Waals surface area contributed by atoms with Crippen molar-refractivity contribution in [3.8, 4) is 0 Å². The van der Waals surface area contributed by atoms with E-state index < -0.39 is 36.0 Å². The average molecular weight is 539 g/mol. The fourth-order valence-corrected chi connectivity index (χ4v) is 5.71. The van der Waals surface area contributed by atoms with E-state index in [1.807, 2.05) is 0 Å². The molecule has 202 valence electrons. The van der Waals surface area contributed by atoms with Gasteiger partial charge in [-0.15, -0.1) is 5.12 Å². The maximum absolute atomic E-state index is 13.8. The van der Waals surface area contributed by atoms with Gasteiger partial charge in [0.05, 0.1) is 25.4 Å². The summed E-state index contributed by atoms with van der Waals surface area (Å²) in [4.78, 5) is 9.50. The summed E-state index contributed by atoms with van der Waals surface area (Å²) in [5, 5.41) is 38.0. The molecule has 2 saturated carbocycles. The van der Waals surface area contributed by atoms with Crippen LogP contribution in [-0.2, 0) is 4.74 Å². The second kappa shape index (κ2) is 10.8. The Bertz CT molecular complexity index is 1130. The molecule has 1 aliphatic heterocycles. The molecule has 2 aromatic rings. The molecule has 3 aliphatic rings. The number of ether oxygens (including phenoxy) is 1. The summed E-state index contributed by atoms with van der Waals surface area (Å²) in [7, 11) is 1.78. The van der Waals surface area contributed by atoms with Crippen LogP contribution in [0.1, 0.15) is 37.7 Å². The monoisotopic (exact) mass is 538 g/mol. The fourth-order valence-electron chi connectivity index (χ4n) is 5.02. The number of hydrazine groups is 2. The van der Waals surface area contributed by atoms with Crippen molar-refractivity contribution in [1.29, 1.82) is 0 Å². The predicted octanol–water partition coefficient (Wildman–Crippen LogP) is 2.09. The van der Waals surface area contributed by atoms with Crippen molar-refractivity contribution in [2.45, 2.75) is 67.7 Å². The molecule has 6 atom stereocenters. The van der Waals surface area contributed by atoms with E-state index in [1.165, 1.54) is 17.8 Å². The van der Waals surface area contributed by atoms with Crippen LogP contribution in [0.4, 0.5) is 26.1 Å². The minimum atomic E-state index is -1.11. The van der Waals surface area contributed by atoms with Crippen molar-refractivity contribution in [1.82, 2.24) is 15.1 Å². The molecule has 0 bridgehead atoms. The number of thioether (sulfide) groups is 1. The van der Waals surface area contributed by atoms with Crippen LogP contribution in [0.5, 0.6) is 0 Å². The van der Waals surface area contributed by atoms with E-state index in [0.29, 0.717) is 28.9 Å². The maximum atomic E-state index is 13.8. The molecule has 5 N–H and O–H groups in total. The molecule has 10 nitrogen and oxygen atoms in total. The van der Waals surface area contributed by atoms with Crippen molar-refractivity contribution in [2.75, 3.05) is 41.8 Å². The summed E-state index contributed by atoms with van der Waals surface area (Å²) in [6, 6.07) is 3.46. The zero-order valence-corrected chi connectivity index (χ0v) is 21.5. The molecule has 37 heavy (non-hydrogen) atoms. The van der Waals surface area contributed by atoms with Crippen LogP contribution in [0.2, 0.25) is 0 Å². The Kier molecular flexibility index (Phi) is 7.70. The quantitative estimate of drug-likeness (QED) is 0.226. The number of hydrogen-bond acceptors (Lipinski definition) is 11. The molecule has 2 heterocycles. The summed E-state index contributed by atoms with van der Waals surface area (Å²) in [6.45, 7) is 1.96. The van der Waals surface area contributed by atoms with Gasteiger partial charge in [-0.1, -0.05) is 24.8 Å². The second-order valence-electron chi connectivity index (χ2n) is 9.57. The van der Waals surface area contributed by atoms with Crippen molar-refractivity contribution in [3.63, 3.8) is 0 Å². The van der Waals surface area contributed by atoms with Crippen LogP contribution in [-0.4, -0.2) is 86.8 Å². The smallest absolute Gasteiger partial charge is 0.191 e. The van der Waals surface area contributed by atoms with E-state index in [9.17, 15) is 19.0 Å². The van der Waals surface area contributed by atoms with E-state index in [1.54, 1.807) is 23.2 Å². The van der Waals surface area contributed by atoms with Crippen molar-refractivity contribution in [2.24, 2.45) is 0 Å². The normalized spacial score (nSPS) is 28.9. The SMILES string of the molecule is CCCSc1nc(NC2CC2c2ccc(F)c(F)c2)c2c(n1)N(C1CC(OCCO)C(O)C1O)N(C)N2. The molecule has 5 rings (SSSR count). The zero-order chi connectivity index (χ0) is 26.3. The highest BCUT2D eigenvalue weighted by molar-refractivity contribution is 7.99.